The van der Waals surface area contributed by atoms with E-state index < -0.39 is 0 Å². The molecular formula is C19H20N3O2+. The zero-order chi connectivity index (χ0) is 17.4. The first-order chi connectivity index (χ1) is 11.4. The molecule has 5 nitrogen and oxygen atoms in total. The van der Waals surface area contributed by atoms with Crippen molar-refractivity contribution in [1.82, 2.24) is 9.55 Å². The van der Waals surface area contributed by atoms with Crippen molar-refractivity contribution in [3.8, 4) is 0 Å². The molecule has 0 aliphatic rings. The third kappa shape index (κ3) is 2.48. The summed E-state index contributed by atoms with van der Waals surface area (Å²) in [6.45, 7) is 9.14. The minimum Gasteiger partial charge on any atom is -0.355 e. The molecule has 0 atom stereocenters. The number of carbonyl (C=O) groups excluding carboxylic acids is 2. The number of ketones is 2. The monoisotopic (exact) mass is 322 g/mol. The molecule has 0 saturated heterocycles. The van der Waals surface area contributed by atoms with E-state index in [0.717, 1.165) is 22.3 Å². The molecule has 2 aromatic heterocycles. The molecule has 1 N–H and O–H groups in total. The molecular weight excluding hydrogens is 302 g/mol. The highest BCUT2D eigenvalue weighted by Crippen LogP contribution is 2.19. The van der Waals surface area contributed by atoms with E-state index >= 15 is 0 Å². The largest absolute Gasteiger partial charge is 0.355 e. The Hall–Kier alpha value is -2.95. The molecule has 3 rings (SSSR count). The topological polar surface area (TPSA) is 58.7 Å². The van der Waals surface area contributed by atoms with Crippen molar-refractivity contribution in [2.45, 2.75) is 27.3 Å². The molecule has 0 fully saturated rings. The van der Waals surface area contributed by atoms with E-state index in [1.54, 1.807) is 6.20 Å². The van der Waals surface area contributed by atoms with E-state index in [-0.39, 0.29) is 18.1 Å². The number of hydrogen-bond acceptors (Lipinski definition) is 2. The molecule has 0 aliphatic heterocycles. The first kappa shape index (κ1) is 15.9. The Bertz CT molecular complexity index is 976. The maximum Gasteiger partial charge on any atom is 0.249 e. The Morgan fingerprint density at radius 2 is 2.00 bits per heavy atom. The van der Waals surface area contributed by atoms with E-state index in [1.807, 2.05) is 53.6 Å². The highest BCUT2D eigenvalue weighted by Gasteiger charge is 2.23. The van der Waals surface area contributed by atoms with Gasteiger partial charge in [-0.1, -0.05) is 18.7 Å². The first-order valence-corrected chi connectivity index (χ1v) is 7.79. The highest BCUT2D eigenvalue weighted by atomic mass is 16.1. The van der Waals surface area contributed by atoms with Crippen molar-refractivity contribution in [2.24, 2.45) is 0 Å². The fourth-order valence-electron chi connectivity index (χ4n) is 3.26. The first-order valence-electron chi connectivity index (χ1n) is 7.79. The van der Waals surface area contributed by atoms with Crippen LogP contribution in [0.3, 0.4) is 0 Å². The standard InChI is InChI=1S/C19H19N3O2/c1-5-21-11-22(16-9-7-6-8-15(16)21)10-17(24)19-12(2)18(14(4)23)13(3)20-19/h5-9,11H,1,10H2,2-4H3/p+1. The molecule has 122 valence electrons. The number of nitrogens with zero attached hydrogens (tertiary/aromatic N) is 2. The van der Waals surface area contributed by atoms with Gasteiger partial charge in [-0.15, -0.1) is 0 Å². The molecule has 0 radical (unpaired) electrons. The van der Waals surface area contributed by atoms with Crippen LogP contribution in [0, 0.1) is 13.8 Å². The highest BCUT2D eigenvalue weighted by molar-refractivity contribution is 6.02. The molecule has 0 bridgehead atoms. The Labute approximate surface area is 140 Å². The summed E-state index contributed by atoms with van der Waals surface area (Å²) in [6, 6.07) is 7.84. The van der Waals surface area contributed by atoms with Crippen molar-refractivity contribution < 1.29 is 14.2 Å². The number of hydrogen-bond donors (Lipinski definition) is 1. The van der Waals surface area contributed by atoms with Crippen molar-refractivity contribution >= 4 is 28.8 Å². The van der Waals surface area contributed by atoms with Crippen LogP contribution in [0.15, 0.2) is 37.2 Å². The van der Waals surface area contributed by atoms with Crippen LogP contribution in [0.25, 0.3) is 17.2 Å². The maximum atomic E-state index is 12.8. The smallest absolute Gasteiger partial charge is 0.249 e. The van der Waals surface area contributed by atoms with Crippen LogP contribution in [-0.2, 0) is 6.54 Å². The molecule has 1 aromatic carbocycles. The van der Waals surface area contributed by atoms with Crippen molar-refractivity contribution in [3.05, 3.63) is 59.7 Å². The average molecular weight is 322 g/mol. The number of fused-ring (bicyclic) bond motifs is 1. The number of para-hydroxylation sites is 2. The number of aryl methyl sites for hydroxylation is 1. The van der Waals surface area contributed by atoms with Gasteiger partial charge in [-0.25, -0.2) is 9.13 Å². The summed E-state index contributed by atoms with van der Waals surface area (Å²) in [7, 11) is 0. The Balaban J connectivity index is 2.01. The predicted octanol–water partition coefficient (Wildman–Crippen LogP) is 3.06. The fraction of sp³-hybridized carbons (Fsp3) is 0.211. The van der Waals surface area contributed by atoms with Crippen LogP contribution in [0.1, 0.15) is 39.0 Å². The molecule has 24 heavy (non-hydrogen) atoms. The van der Waals surface area contributed by atoms with Gasteiger partial charge in [0.15, 0.2) is 23.4 Å². The van der Waals surface area contributed by atoms with Crippen molar-refractivity contribution in [3.63, 3.8) is 0 Å². The summed E-state index contributed by atoms with van der Waals surface area (Å²) < 4.78 is 3.78. The molecule has 0 spiro atoms. The third-order valence-corrected chi connectivity index (χ3v) is 4.31. The lowest BCUT2D eigenvalue weighted by Crippen LogP contribution is -2.37. The number of nitrogens with one attached hydrogen (secondary N) is 1. The average Bonchev–Trinajstić information content (AvgIpc) is 3.05. The predicted molar refractivity (Wildman–Crippen MR) is 93.1 cm³/mol. The Morgan fingerprint density at radius 1 is 1.29 bits per heavy atom. The number of aromatic nitrogens is 3. The second-order valence-corrected chi connectivity index (χ2v) is 5.93. The van der Waals surface area contributed by atoms with Gasteiger partial charge < -0.3 is 4.98 Å². The SMILES string of the molecule is C=Cn1c[n+](CC(=O)c2[nH]c(C)c(C(C)=O)c2C)c2ccccc21. The number of H-pyrrole nitrogens is 1. The maximum absolute atomic E-state index is 12.8. The second kappa shape index (κ2) is 5.92. The Morgan fingerprint density at radius 3 is 2.62 bits per heavy atom. The summed E-state index contributed by atoms with van der Waals surface area (Å²) in [4.78, 5) is 27.6. The van der Waals surface area contributed by atoms with Crippen LogP contribution in [0.4, 0.5) is 0 Å². The van der Waals surface area contributed by atoms with E-state index in [9.17, 15) is 9.59 Å². The number of aromatic amines is 1. The number of Topliss-reactive ketones (excluding diaryl/α,β-unsaturated/α-hetero) is 2. The van der Waals surface area contributed by atoms with E-state index in [1.165, 1.54) is 6.92 Å². The van der Waals surface area contributed by atoms with Gasteiger partial charge in [0.1, 0.15) is 0 Å². The quantitative estimate of drug-likeness (QED) is 0.580. The molecule has 0 unspecified atom stereocenters. The molecule has 3 aromatic rings. The minimum atomic E-state index is -0.0555. The van der Waals surface area contributed by atoms with Gasteiger partial charge in [-0.05, 0) is 38.5 Å². The molecule has 0 saturated carbocycles. The van der Waals surface area contributed by atoms with Crippen LogP contribution >= 0.6 is 0 Å². The van der Waals surface area contributed by atoms with Crippen LogP contribution in [-0.4, -0.2) is 21.1 Å². The zero-order valence-electron chi connectivity index (χ0n) is 14.1. The summed E-state index contributed by atoms with van der Waals surface area (Å²) in [5.74, 6) is -0.0868. The minimum absolute atomic E-state index is 0.0313. The lowest BCUT2D eigenvalue weighted by molar-refractivity contribution is -0.657. The Kier molecular flexibility index (Phi) is 3.93. The van der Waals surface area contributed by atoms with Crippen LogP contribution in [0.5, 0.6) is 0 Å². The van der Waals surface area contributed by atoms with Gasteiger partial charge >= 0.3 is 0 Å². The molecule has 0 aliphatic carbocycles. The van der Waals surface area contributed by atoms with Gasteiger partial charge in [0, 0.05) is 11.3 Å². The van der Waals surface area contributed by atoms with Crippen molar-refractivity contribution in [2.75, 3.05) is 0 Å². The van der Waals surface area contributed by atoms with Crippen LogP contribution < -0.4 is 4.57 Å². The third-order valence-electron chi connectivity index (χ3n) is 4.31. The summed E-state index contributed by atoms with van der Waals surface area (Å²) >= 11 is 0. The van der Waals surface area contributed by atoms with Crippen molar-refractivity contribution in [1.29, 1.82) is 0 Å². The molecule has 2 heterocycles. The van der Waals surface area contributed by atoms with E-state index in [4.69, 9.17) is 0 Å². The number of carbonyl (C=O) groups is 2. The van der Waals surface area contributed by atoms with Gasteiger partial charge in [0.05, 0.1) is 11.9 Å². The van der Waals surface area contributed by atoms with Gasteiger partial charge in [-0.3, -0.25) is 9.59 Å². The van der Waals surface area contributed by atoms with Gasteiger partial charge in [-0.2, -0.15) is 0 Å². The fourth-order valence-corrected chi connectivity index (χ4v) is 3.26. The number of imidazole rings is 1. The van der Waals surface area contributed by atoms with Gasteiger partial charge in [0.25, 0.3) is 0 Å². The van der Waals surface area contributed by atoms with E-state index in [2.05, 4.69) is 11.6 Å². The molecule has 5 heteroatoms. The lowest BCUT2D eigenvalue weighted by atomic mass is 10.1. The van der Waals surface area contributed by atoms with E-state index in [0.29, 0.717) is 11.3 Å². The number of rotatable bonds is 5. The lowest BCUT2D eigenvalue weighted by Gasteiger charge is -1.99. The normalized spacial score (nSPS) is 11.0. The second-order valence-electron chi connectivity index (χ2n) is 5.93. The zero-order valence-corrected chi connectivity index (χ0v) is 14.1. The molecule has 0 amide bonds. The summed E-state index contributed by atoms with van der Waals surface area (Å²) in [6.07, 6.45) is 3.56. The van der Waals surface area contributed by atoms with Gasteiger partial charge in [0.2, 0.25) is 12.1 Å². The number of benzene rings is 1. The summed E-state index contributed by atoms with van der Waals surface area (Å²) in [5, 5.41) is 0. The van der Waals surface area contributed by atoms with Crippen LogP contribution in [0.2, 0.25) is 0 Å². The summed E-state index contributed by atoms with van der Waals surface area (Å²) in [5.41, 5.74) is 4.51.